The third kappa shape index (κ3) is 4.30. The Kier molecular flexibility index (Phi) is 6.10. The maximum atomic E-state index is 5.51. The minimum Gasteiger partial charge on any atom is -0.493 e. The van der Waals surface area contributed by atoms with Crippen molar-refractivity contribution in [3.63, 3.8) is 0 Å². The zero-order valence-electron chi connectivity index (χ0n) is 19.5. The average molecular weight is 449 g/mol. The Morgan fingerprint density at radius 1 is 1.09 bits per heavy atom. The molecule has 4 heteroatoms. The molecule has 0 unspecified atom stereocenters. The molecule has 0 saturated carbocycles. The molecule has 0 radical (unpaired) electrons. The van der Waals surface area contributed by atoms with Gasteiger partial charge in [-0.2, -0.15) is 0 Å². The second-order valence-corrected chi connectivity index (χ2v) is 8.82. The molecule has 2 aliphatic rings. The van der Waals surface area contributed by atoms with Gasteiger partial charge in [0.05, 0.1) is 18.8 Å². The van der Waals surface area contributed by atoms with E-state index in [9.17, 15) is 0 Å². The van der Waals surface area contributed by atoms with Crippen LogP contribution in [0.5, 0.6) is 11.5 Å². The zero-order chi connectivity index (χ0) is 23.5. The molecule has 5 rings (SSSR count). The average Bonchev–Trinajstić information content (AvgIpc) is 3.37. The van der Waals surface area contributed by atoms with Crippen molar-refractivity contribution in [3.8, 4) is 23.8 Å². The number of hydrogen-bond donors (Lipinski definition) is 1. The Hall–Kier alpha value is -3.97. The maximum Gasteiger partial charge on any atom is 0.162 e. The van der Waals surface area contributed by atoms with Crippen molar-refractivity contribution >= 4 is 17.6 Å². The second kappa shape index (κ2) is 9.49. The van der Waals surface area contributed by atoms with E-state index in [1.807, 2.05) is 24.4 Å². The van der Waals surface area contributed by atoms with Gasteiger partial charge in [-0.3, -0.25) is 4.99 Å². The van der Waals surface area contributed by atoms with Crippen LogP contribution in [-0.4, -0.2) is 19.9 Å². The molecule has 3 aromatic rings. The number of aryl methyl sites for hydroxylation is 1. The molecule has 3 atom stereocenters. The minimum absolute atomic E-state index is 0.203. The van der Waals surface area contributed by atoms with Gasteiger partial charge in [0.15, 0.2) is 11.5 Å². The Labute approximate surface area is 201 Å². The van der Waals surface area contributed by atoms with E-state index in [1.54, 1.807) is 7.11 Å². The van der Waals surface area contributed by atoms with Gasteiger partial charge >= 0.3 is 0 Å². The van der Waals surface area contributed by atoms with Crippen molar-refractivity contribution in [3.05, 3.63) is 95.1 Å². The molecule has 1 aliphatic heterocycles. The van der Waals surface area contributed by atoms with Crippen molar-refractivity contribution in [2.75, 3.05) is 19.0 Å². The fraction of sp³-hybridized carbons (Fsp3) is 0.233. The highest BCUT2D eigenvalue weighted by molar-refractivity contribution is 5.83. The van der Waals surface area contributed by atoms with Crippen LogP contribution in [-0.2, 0) is 0 Å². The van der Waals surface area contributed by atoms with Gasteiger partial charge in [-0.25, -0.2) is 0 Å². The van der Waals surface area contributed by atoms with Gasteiger partial charge in [-0.1, -0.05) is 47.9 Å². The highest BCUT2D eigenvalue weighted by Gasteiger charge is 2.37. The van der Waals surface area contributed by atoms with Gasteiger partial charge in [0.1, 0.15) is 6.61 Å². The minimum atomic E-state index is 0.203. The normalized spacial score (nSPS) is 20.3. The predicted molar refractivity (Wildman–Crippen MR) is 139 cm³/mol. The summed E-state index contributed by atoms with van der Waals surface area (Å²) >= 11 is 0. The van der Waals surface area contributed by atoms with Crippen LogP contribution in [0.1, 0.15) is 40.6 Å². The summed E-state index contributed by atoms with van der Waals surface area (Å²) in [6.45, 7) is 2.37. The first kappa shape index (κ1) is 21.9. The van der Waals surface area contributed by atoms with Gasteiger partial charge in [0.2, 0.25) is 0 Å². The number of ether oxygens (including phenoxy) is 2. The number of nitrogens with zero attached hydrogens (tertiary/aromatic N) is 1. The number of terminal acetylenes is 1. The molecule has 0 aromatic heterocycles. The van der Waals surface area contributed by atoms with E-state index < -0.39 is 0 Å². The standard InChI is InChI=1S/C30H28N2O2/c1-4-16-34-28-15-9-21(18-29(28)33-3)19-31-23-12-10-22(11-13-23)30-25-7-5-6-24(25)26-17-20(2)8-14-27(26)32-30/h1,5-6,8-15,17-19,24-25,30,32H,7,16H2,2-3H3/t24-,25+,30+/m1/s1. The number of aliphatic imine (C=N–C) groups is 1. The van der Waals surface area contributed by atoms with Crippen molar-refractivity contribution in [1.29, 1.82) is 0 Å². The quantitative estimate of drug-likeness (QED) is 0.263. The lowest BCUT2D eigenvalue weighted by atomic mass is 9.76. The highest BCUT2D eigenvalue weighted by Crippen LogP contribution is 2.50. The summed E-state index contributed by atoms with van der Waals surface area (Å²) in [7, 11) is 1.61. The summed E-state index contributed by atoms with van der Waals surface area (Å²) in [6.07, 6.45) is 12.9. The summed E-state index contributed by atoms with van der Waals surface area (Å²) in [5, 5.41) is 3.81. The monoisotopic (exact) mass is 448 g/mol. The third-order valence-electron chi connectivity index (χ3n) is 6.63. The molecular weight excluding hydrogens is 420 g/mol. The van der Waals surface area contributed by atoms with Gasteiger partial charge < -0.3 is 14.8 Å². The number of rotatable bonds is 6. The first-order valence-corrected chi connectivity index (χ1v) is 11.6. The van der Waals surface area contributed by atoms with Crippen LogP contribution in [0.25, 0.3) is 0 Å². The van der Waals surface area contributed by atoms with Crippen molar-refractivity contribution in [2.45, 2.75) is 25.3 Å². The van der Waals surface area contributed by atoms with Crippen LogP contribution in [0, 0.1) is 25.2 Å². The Balaban J connectivity index is 1.33. The summed E-state index contributed by atoms with van der Waals surface area (Å²) in [5.41, 5.74) is 7.10. The molecule has 0 fully saturated rings. The number of fused-ring (bicyclic) bond motifs is 3. The van der Waals surface area contributed by atoms with E-state index in [1.165, 1.54) is 22.4 Å². The lowest BCUT2D eigenvalue weighted by Crippen LogP contribution is -2.29. The summed E-state index contributed by atoms with van der Waals surface area (Å²) in [5.74, 6) is 4.73. The molecule has 0 amide bonds. The molecule has 1 aliphatic carbocycles. The van der Waals surface area contributed by atoms with E-state index >= 15 is 0 Å². The number of nitrogens with one attached hydrogen (secondary N) is 1. The van der Waals surface area contributed by atoms with E-state index in [0.29, 0.717) is 23.3 Å². The molecule has 0 saturated heterocycles. The van der Waals surface area contributed by atoms with Gasteiger partial charge in [0, 0.05) is 17.8 Å². The van der Waals surface area contributed by atoms with Crippen LogP contribution in [0.2, 0.25) is 0 Å². The van der Waals surface area contributed by atoms with Gasteiger partial charge in [0.25, 0.3) is 0 Å². The maximum absolute atomic E-state index is 5.51. The Morgan fingerprint density at radius 3 is 2.74 bits per heavy atom. The van der Waals surface area contributed by atoms with Crippen molar-refractivity contribution in [1.82, 2.24) is 0 Å². The molecule has 34 heavy (non-hydrogen) atoms. The van der Waals surface area contributed by atoms with Crippen molar-refractivity contribution in [2.24, 2.45) is 10.9 Å². The summed E-state index contributed by atoms with van der Waals surface area (Å²) < 4.78 is 10.9. The van der Waals surface area contributed by atoms with Crippen LogP contribution in [0.15, 0.2) is 77.8 Å². The number of methoxy groups -OCH3 is 1. The lowest BCUT2D eigenvalue weighted by Gasteiger charge is -2.37. The van der Waals surface area contributed by atoms with Crippen molar-refractivity contribution < 1.29 is 9.47 Å². The first-order chi connectivity index (χ1) is 16.7. The highest BCUT2D eigenvalue weighted by atomic mass is 16.5. The molecule has 4 nitrogen and oxygen atoms in total. The van der Waals surface area contributed by atoms with E-state index in [4.69, 9.17) is 15.9 Å². The largest absolute Gasteiger partial charge is 0.493 e. The Morgan fingerprint density at radius 2 is 1.94 bits per heavy atom. The summed E-state index contributed by atoms with van der Waals surface area (Å²) in [6, 6.07) is 21.2. The molecule has 1 heterocycles. The van der Waals surface area contributed by atoms with E-state index in [0.717, 1.165) is 17.7 Å². The molecule has 170 valence electrons. The van der Waals surface area contributed by atoms with Crippen LogP contribution >= 0.6 is 0 Å². The molecule has 3 aromatic carbocycles. The van der Waals surface area contributed by atoms with Gasteiger partial charge in [-0.05, 0) is 72.4 Å². The molecule has 0 bridgehead atoms. The fourth-order valence-corrected chi connectivity index (χ4v) is 4.96. The summed E-state index contributed by atoms with van der Waals surface area (Å²) in [4.78, 5) is 4.66. The number of hydrogen-bond acceptors (Lipinski definition) is 4. The number of benzene rings is 3. The third-order valence-corrected chi connectivity index (χ3v) is 6.63. The second-order valence-electron chi connectivity index (χ2n) is 8.82. The fourth-order valence-electron chi connectivity index (χ4n) is 4.96. The number of anilines is 1. The molecule has 0 spiro atoms. The SMILES string of the molecule is C#CCOc1ccc(C=Nc2ccc([C@@H]3Nc4ccc(C)cc4[C@@H]4C=CC[C@@H]43)cc2)cc1OC. The number of allylic oxidation sites excluding steroid dienone is 2. The van der Waals surface area contributed by atoms with Crippen LogP contribution < -0.4 is 14.8 Å². The van der Waals surface area contributed by atoms with Crippen LogP contribution in [0.4, 0.5) is 11.4 Å². The van der Waals surface area contributed by atoms with Gasteiger partial charge in [-0.15, -0.1) is 6.42 Å². The van der Waals surface area contributed by atoms with E-state index in [-0.39, 0.29) is 12.6 Å². The smallest absolute Gasteiger partial charge is 0.162 e. The lowest BCUT2D eigenvalue weighted by molar-refractivity contribution is 0.331. The first-order valence-electron chi connectivity index (χ1n) is 11.6. The van der Waals surface area contributed by atoms with E-state index in [2.05, 4.69) is 77.8 Å². The zero-order valence-corrected chi connectivity index (χ0v) is 19.5. The Bertz CT molecular complexity index is 1280. The molecular formula is C30H28N2O2. The predicted octanol–water partition coefficient (Wildman–Crippen LogP) is 6.59. The molecule has 1 N–H and O–H groups in total. The topological polar surface area (TPSA) is 42.8 Å². The van der Waals surface area contributed by atoms with Crippen LogP contribution in [0.3, 0.4) is 0 Å².